The van der Waals surface area contributed by atoms with Crippen LogP contribution in [0, 0.1) is 11.6 Å². The zero-order valence-electron chi connectivity index (χ0n) is 14.6. The maximum absolute atomic E-state index is 13.6. The fourth-order valence-electron chi connectivity index (χ4n) is 3.34. The number of halogens is 2. The normalized spacial score (nSPS) is 20.1. The molecule has 1 fully saturated rings. The number of rotatable bonds is 4. The molecule has 0 saturated carbocycles. The lowest BCUT2D eigenvalue weighted by Crippen LogP contribution is -2.32. The van der Waals surface area contributed by atoms with Crippen LogP contribution in [-0.4, -0.2) is 43.2 Å². The number of amides is 1. The molecule has 0 spiro atoms. The topological polar surface area (TPSA) is 74.7 Å². The largest absolute Gasteiger partial charge is 0.391 e. The van der Waals surface area contributed by atoms with Gasteiger partial charge >= 0.3 is 0 Å². The van der Waals surface area contributed by atoms with Crippen LogP contribution in [0.4, 0.5) is 8.78 Å². The van der Waals surface area contributed by atoms with Gasteiger partial charge in [0.05, 0.1) is 17.9 Å². The van der Waals surface area contributed by atoms with E-state index in [2.05, 4.69) is 0 Å². The fraction of sp³-hybridized carbons (Fsp3) is 0.316. The summed E-state index contributed by atoms with van der Waals surface area (Å²) in [7, 11) is -3.25. The van der Waals surface area contributed by atoms with Gasteiger partial charge in [-0.1, -0.05) is 18.2 Å². The number of hydrogen-bond donors (Lipinski definition) is 1. The van der Waals surface area contributed by atoms with Crippen molar-refractivity contribution in [2.75, 3.05) is 12.8 Å². The van der Waals surface area contributed by atoms with E-state index in [1.54, 1.807) is 18.2 Å². The number of aliphatic hydroxyl groups is 1. The van der Waals surface area contributed by atoms with Crippen molar-refractivity contribution >= 4 is 15.7 Å². The minimum Gasteiger partial charge on any atom is -0.391 e. The molecule has 3 rings (SSSR count). The van der Waals surface area contributed by atoms with Crippen LogP contribution in [0.1, 0.15) is 33.9 Å². The molecule has 1 amide bonds. The highest BCUT2D eigenvalue weighted by Gasteiger charge is 2.36. The van der Waals surface area contributed by atoms with Crippen LogP contribution in [0.15, 0.2) is 42.5 Å². The van der Waals surface area contributed by atoms with Gasteiger partial charge in [-0.2, -0.15) is 0 Å². The van der Waals surface area contributed by atoms with Crippen LogP contribution in [-0.2, 0) is 15.6 Å². The third-order valence-electron chi connectivity index (χ3n) is 4.47. The van der Waals surface area contributed by atoms with Crippen molar-refractivity contribution in [2.45, 2.75) is 24.3 Å². The average molecular weight is 395 g/mol. The van der Waals surface area contributed by atoms with Gasteiger partial charge in [-0.15, -0.1) is 0 Å². The Morgan fingerprint density at radius 1 is 1.19 bits per heavy atom. The molecular weight excluding hydrogens is 376 g/mol. The molecular formula is C19H19F2NO4S. The van der Waals surface area contributed by atoms with Crippen molar-refractivity contribution in [3.63, 3.8) is 0 Å². The number of β-amino-alcohol motifs (C(OH)–C–C–N with tert-alkyl or cyclic N) is 1. The predicted molar refractivity (Wildman–Crippen MR) is 95.7 cm³/mol. The van der Waals surface area contributed by atoms with Crippen molar-refractivity contribution in [3.8, 4) is 0 Å². The van der Waals surface area contributed by atoms with Gasteiger partial charge in [0, 0.05) is 18.4 Å². The first-order valence-electron chi connectivity index (χ1n) is 8.34. The Morgan fingerprint density at radius 3 is 2.59 bits per heavy atom. The average Bonchev–Trinajstić information content (AvgIpc) is 2.97. The summed E-state index contributed by atoms with van der Waals surface area (Å²) in [6.45, 7) is 0.0544. The molecule has 2 aromatic rings. The Bertz CT molecular complexity index is 977. The molecule has 2 atom stereocenters. The molecule has 144 valence electrons. The highest BCUT2D eigenvalue weighted by molar-refractivity contribution is 7.89. The predicted octanol–water partition coefficient (Wildman–Crippen LogP) is 2.46. The minimum absolute atomic E-state index is 0.0544. The van der Waals surface area contributed by atoms with E-state index in [9.17, 15) is 27.1 Å². The Kier molecular flexibility index (Phi) is 5.30. The molecule has 0 radical (unpaired) electrons. The lowest BCUT2D eigenvalue weighted by atomic mass is 10.0. The van der Waals surface area contributed by atoms with Crippen LogP contribution in [0.5, 0.6) is 0 Å². The van der Waals surface area contributed by atoms with Gasteiger partial charge in [0.15, 0.2) is 21.5 Å². The first-order valence-corrected chi connectivity index (χ1v) is 10.4. The van der Waals surface area contributed by atoms with E-state index >= 15 is 0 Å². The van der Waals surface area contributed by atoms with E-state index in [4.69, 9.17) is 0 Å². The molecule has 5 nitrogen and oxygen atoms in total. The van der Waals surface area contributed by atoms with Crippen molar-refractivity contribution in [2.24, 2.45) is 0 Å². The van der Waals surface area contributed by atoms with E-state index in [1.807, 2.05) is 0 Å². The van der Waals surface area contributed by atoms with Gasteiger partial charge in [0.25, 0.3) is 5.91 Å². The first-order chi connectivity index (χ1) is 12.6. The lowest BCUT2D eigenvalue weighted by Gasteiger charge is -2.25. The summed E-state index contributed by atoms with van der Waals surface area (Å²) in [5.41, 5.74) is 1.15. The van der Waals surface area contributed by atoms with Crippen molar-refractivity contribution in [3.05, 3.63) is 70.8 Å². The number of sulfone groups is 1. The third kappa shape index (κ3) is 4.51. The van der Waals surface area contributed by atoms with Gasteiger partial charge in [-0.05, 0) is 41.8 Å². The first kappa shape index (κ1) is 19.4. The number of hydrogen-bond acceptors (Lipinski definition) is 4. The zero-order valence-corrected chi connectivity index (χ0v) is 15.4. The quantitative estimate of drug-likeness (QED) is 0.863. The summed E-state index contributed by atoms with van der Waals surface area (Å²) in [6.07, 6.45) is 0.531. The molecule has 27 heavy (non-hydrogen) atoms. The second-order valence-corrected chi connectivity index (χ2v) is 8.95. The summed E-state index contributed by atoms with van der Waals surface area (Å²) >= 11 is 0. The number of carbonyl (C=O) groups excluding carboxylic acids is 1. The molecule has 2 aromatic carbocycles. The summed E-state index contributed by atoms with van der Waals surface area (Å²) in [6, 6.07) is 9.07. The Morgan fingerprint density at radius 2 is 1.93 bits per heavy atom. The number of benzene rings is 2. The summed E-state index contributed by atoms with van der Waals surface area (Å²) in [5.74, 6) is -2.60. The smallest absolute Gasteiger partial charge is 0.254 e. The molecule has 1 N–H and O–H groups in total. The molecule has 1 saturated heterocycles. The standard InChI is InChI=1S/C19H19F2NO4S/c1-27(25,26)11-12-3-2-4-14(7-12)19(24)22-10-15(23)9-18(22)13-5-6-16(20)17(21)8-13/h2-8,15,18,23H,9-11H2,1H3/t15-,18+/m1/s1. The maximum Gasteiger partial charge on any atom is 0.254 e. The molecule has 0 unspecified atom stereocenters. The van der Waals surface area contributed by atoms with Crippen LogP contribution < -0.4 is 0 Å². The molecule has 1 aliphatic rings. The van der Waals surface area contributed by atoms with E-state index < -0.39 is 39.5 Å². The second-order valence-electron chi connectivity index (χ2n) is 6.81. The fourth-order valence-corrected chi connectivity index (χ4v) is 4.12. The zero-order chi connectivity index (χ0) is 19.8. The molecule has 1 aliphatic heterocycles. The van der Waals surface area contributed by atoms with Gasteiger partial charge < -0.3 is 10.0 Å². The number of likely N-dealkylation sites (tertiary alicyclic amines) is 1. The summed E-state index contributed by atoms with van der Waals surface area (Å²) in [4.78, 5) is 14.3. The second kappa shape index (κ2) is 7.36. The number of carbonyl (C=O) groups is 1. The molecule has 0 aromatic heterocycles. The highest BCUT2D eigenvalue weighted by Crippen LogP contribution is 2.34. The van der Waals surface area contributed by atoms with Gasteiger partial charge in [0.2, 0.25) is 0 Å². The van der Waals surface area contributed by atoms with Crippen molar-refractivity contribution in [1.29, 1.82) is 0 Å². The molecule has 0 aliphatic carbocycles. The van der Waals surface area contributed by atoms with Crippen LogP contribution in [0.3, 0.4) is 0 Å². The van der Waals surface area contributed by atoms with Gasteiger partial charge in [-0.3, -0.25) is 4.79 Å². The number of aliphatic hydroxyl groups excluding tert-OH is 1. The van der Waals surface area contributed by atoms with E-state index in [-0.39, 0.29) is 24.3 Å². The van der Waals surface area contributed by atoms with E-state index in [0.29, 0.717) is 11.1 Å². The molecule has 8 heteroatoms. The van der Waals surface area contributed by atoms with Gasteiger partial charge in [0.1, 0.15) is 0 Å². The molecule has 1 heterocycles. The van der Waals surface area contributed by atoms with E-state index in [1.165, 1.54) is 17.0 Å². The lowest BCUT2D eigenvalue weighted by molar-refractivity contribution is 0.0715. The SMILES string of the molecule is CS(=O)(=O)Cc1cccc(C(=O)N2C[C@H](O)C[C@H]2c2ccc(F)c(F)c2)c1. The third-order valence-corrected chi connectivity index (χ3v) is 5.33. The summed E-state index contributed by atoms with van der Waals surface area (Å²) in [5, 5.41) is 10.0. The van der Waals surface area contributed by atoms with Crippen molar-refractivity contribution < 1.29 is 27.1 Å². The van der Waals surface area contributed by atoms with Crippen LogP contribution in [0.2, 0.25) is 0 Å². The maximum atomic E-state index is 13.6. The highest BCUT2D eigenvalue weighted by atomic mass is 32.2. The van der Waals surface area contributed by atoms with Gasteiger partial charge in [-0.25, -0.2) is 17.2 Å². The monoisotopic (exact) mass is 395 g/mol. The van der Waals surface area contributed by atoms with Crippen LogP contribution in [0.25, 0.3) is 0 Å². The Hall–Kier alpha value is -2.32. The van der Waals surface area contributed by atoms with Crippen LogP contribution >= 0.6 is 0 Å². The van der Waals surface area contributed by atoms with E-state index in [0.717, 1.165) is 18.4 Å². The molecule has 0 bridgehead atoms. The number of nitrogens with zero attached hydrogens (tertiary/aromatic N) is 1. The Labute approximate surface area is 156 Å². The van der Waals surface area contributed by atoms with Crippen molar-refractivity contribution in [1.82, 2.24) is 4.90 Å². The minimum atomic E-state index is -3.25. The Balaban J connectivity index is 1.90. The summed E-state index contributed by atoms with van der Waals surface area (Å²) < 4.78 is 49.8.